The first kappa shape index (κ1) is 24.0. The molecule has 3 aromatic rings. The predicted molar refractivity (Wildman–Crippen MR) is 127 cm³/mol. The second kappa shape index (κ2) is 10.4. The summed E-state index contributed by atoms with van der Waals surface area (Å²) in [4.78, 5) is 18.7. The van der Waals surface area contributed by atoms with Gasteiger partial charge in [-0.25, -0.2) is 4.39 Å². The lowest BCUT2D eigenvalue weighted by atomic mass is 9.85. The van der Waals surface area contributed by atoms with Crippen molar-refractivity contribution in [2.24, 2.45) is 5.73 Å². The van der Waals surface area contributed by atoms with Crippen LogP contribution in [0.4, 0.5) is 21.7 Å². The van der Waals surface area contributed by atoms with E-state index in [1.807, 2.05) is 12.1 Å². The number of carbonyl (C=O) groups is 1. The summed E-state index contributed by atoms with van der Waals surface area (Å²) < 4.78 is 20.3. The van der Waals surface area contributed by atoms with Gasteiger partial charge in [0.1, 0.15) is 23.8 Å². The summed E-state index contributed by atoms with van der Waals surface area (Å²) >= 11 is 0. The summed E-state index contributed by atoms with van der Waals surface area (Å²) in [5, 5.41) is 26.2. The number of halogens is 1. The summed E-state index contributed by atoms with van der Waals surface area (Å²) in [7, 11) is 0. The number of primary amides is 1. The molecule has 4 N–H and O–H groups in total. The summed E-state index contributed by atoms with van der Waals surface area (Å²) in [5.74, 6) is 0.382. The van der Waals surface area contributed by atoms with Gasteiger partial charge in [-0.15, -0.1) is 0 Å². The topological polar surface area (TPSA) is 142 Å². The molecule has 182 valence electrons. The smallest absolute Gasteiger partial charge is 0.254 e. The van der Waals surface area contributed by atoms with Crippen molar-refractivity contribution in [3.8, 4) is 11.9 Å². The molecule has 0 spiro atoms. The average molecular weight is 480 g/mol. The monoisotopic (exact) mass is 479 g/mol. The highest BCUT2D eigenvalue weighted by Gasteiger charge is 2.38. The van der Waals surface area contributed by atoms with Crippen LogP contribution < -0.4 is 20.7 Å². The van der Waals surface area contributed by atoms with Gasteiger partial charge in [-0.1, -0.05) is 6.07 Å². The van der Waals surface area contributed by atoms with Crippen LogP contribution in [0.25, 0.3) is 0 Å². The van der Waals surface area contributed by atoms with Crippen LogP contribution >= 0.6 is 0 Å². The number of pyridine rings is 1. The second-order valence-corrected chi connectivity index (χ2v) is 8.28. The van der Waals surface area contributed by atoms with Crippen LogP contribution in [0.2, 0.25) is 0 Å². The molecule has 4 rings (SSSR count). The van der Waals surface area contributed by atoms with Gasteiger partial charge in [0, 0.05) is 31.0 Å². The van der Waals surface area contributed by atoms with Crippen LogP contribution in [0.5, 0.6) is 5.88 Å². The van der Waals surface area contributed by atoms with E-state index >= 15 is 0 Å². The molecule has 1 fully saturated rings. The molecular weight excluding hydrogens is 453 g/mol. The Balaban J connectivity index is 1.56. The second-order valence-electron chi connectivity index (χ2n) is 8.28. The Morgan fingerprint density at radius 2 is 2.00 bits per heavy atom. The molecule has 0 radical (unpaired) electrons. The van der Waals surface area contributed by atoms with Crippen molar-refractivity contribution in [2.75, 3.05) is 36.5 Å². The molecule has 0 unspecified atom stereocenters. The fraction of sp³-hybridized carbons (Fsp3) is 0.333. The number of amides is 1. The number of rotatable bonds is 9. The zero-order valence-corrected chi connectivity index (χ0v) is 19.0. The predicted octanol–water partition coefficient (Wildman–Crippen LogP) is 2.54. The summed E-state index contributed by atoms with van der Waals surface area (Å²) in [6.45, 7) is 1.27. The first-order chi connectivity index (χ1) is 16.9. The molecule has 2 aromatic heterocycles. The molecule has 0 bridgehead atoms. The molecular formula is C24H26FN7O3. The third kappa shape index (κ3) is 5.33. The van der Waals surface area contributed by atoms with E-state index in [-0.39, 0.29) is 36.8 Å². The van der Waals surface area contributed by atoms with E-state index in [0.29, 0.717) is 37.5 Å². The average Bonchev–Trinajstić information content (AvgIpc) is 3.30. The molecule has 0 aliphatic carbocycles. The molecule has 11 heteroatoms. The number of aliphatic hydroxyl groups is 1. The number of ether oxygens (including phenoxy) is 1. The van der Waals surface area contributed by atoms with Crippen LogP contribution in [0.15, 0.2) is 48.7 Å². The van der Waals surface area contributed by atoms with Crippen LogP contribution in [-0.4, -0.2) is 52.1 Å². The van der Waals surface area contributed by atoms with Gasteiger partial charge < -0.3 is 25.8 Å². The highest BCUT2D eigenvalue weighted by molar-refractivity contribution is 5.98. The Morgan fingerprint density at radius 1 is 1.26 bits per heavy atom. The maximum atomic E-state index is 13.3. The lowest BCUT2D eigenvalue weighted by molar-refractivity contribution is 0.100. The Morgan fingerprint density at radius 3 is 2.66 bits per heavy atom. The highest BCUT2D eigenvalue weighted by Crippen LogP contribution is 2.36. The van der Waals surface area contributed by atoms with E-state index in [2.05, 4.69) is 26.4 Å². The van der Waals surface area contributed by atoms with Gasteiger partial charge in [-0.3, -0.25) is 9.48 Å². The number of nitrogens with one attached hydrogen (secondary N) is 1. The molecule has 1 saturated heterocycles. The van der Waals surface area contributed by atoms with Crippen LogP contribution in [-0.2, 0) is 5.54 Å². The number of aliphatic hydroxyl groups excluding tert-OH is 1. The van der Waals surface area contributed by atoms with E-state index in [9.17, 15) is 14.4 Å². The molecule has 3 heterocycles. The van der Waals surface area contributed by atoms with Crippen molar-refractivity contribution in [1.29, 1.82) is 5.26 Å². The third-order valence-corrected chi connectivity index (χ3v) is 6.05. The number of piperidine rings is 1. The number of nitrogens with two attached hydrogens (primary N) is 1. The number of hydrogen-bond acceptors (Lipinski definition) is 8. The van der Waals surface area contributed by atoms with Gasteiger partial charge in [0.2, 0.25) is 5.88 Å². The Labute approximate surface area is 201 Å². The minimum absolute atomic E-state index is 0.0958. The fourth-order valence-electron chi connectivity index (χ4n) is 4.16. The first-order valence-corrected chi connectivity index (χ1v) is 11.2. The van der Waals surface area contributed by atoms with Gasteiger partial charge in [-0.05, 0) is 43.2 Å². The van der Waals surface area contributed by atoms with Crippen molar-refractivity contribution in [3.05, 3.63) is 60.0 Å². The molecule has 1 aliphatic rings. The van der Waals surface area contributed by atoms with Gasteiger partial charge in [0.05, 0.1) is 24.6 Å². The van der Waals surface area contributed by atoms with Crippen molar-refractivity contribution >= 4 is 23.2 Å². The van der Waals surface area contributed by atoms with Gasteiger partial charge in [0.25, 0.3) is 5.91 Å². The SMILES string of the molecule is N#CCC1(n2cc(C(N)=O)c(Nc3ccc(F)cc3)n2)CCN(c2cccc(OCCO)n2)CC1. The number of nitrogens with zero attached hydrogens (tertiary/aromatic N) is 5. The van der Waals surface area contributed by atoms with Gasteiger partial charge in [0.15, 0.2) is 5.82 Å². The molecule has 1 aromatic carbocycles. The number of hydrogen-bond donors (Lipinski definition) is 3. The van der Waals surface area contributed by atoms with E-state index in [1.54, 1.807) is 16.9 Å². The van der Waals surface area contributed by atoms with E-state index in [1.165, 1.54) is 24.3 Å². The number of nitriles is 1. The molecule has 1 amide bonds. The van der Waals surface area contributed by atoms with Crippen LogP contribution in [0.3, 0.4) is 0 Å². The van der Waals surface area contributed by atoms with E-state index < -0.39 is 11.4 Å². The maximum absolute atomic E-state index is 13.3. The first-order valence-electron chi connectivity index (χ1n) is 11.2. The highest BCUT2D eigenvalue weighted by atomic mass is 19.1. The molecule has 35 heavy (non-hydrogen) atoms. The lowest BCUT2D eigenvalue weighted by Crippen LogP contribution is -2.46. The fourth-order valence-corrected chi connectivity index (χ4v) is 4.16. The number of anilines is 3. The Bertz CT molecular complexity index is 1210. The molecule has 1 aliphatic heterocycles. The van der Waals surface area contributed by atoms with Gasteiger partial charge >= 0.3 is 0 Å². The molecule has 0 atom stereocenters. The van der Waals surface area contributed by atoms with Crippen LogP contribution in [0.1, 0.15) is 29.6 Å². The normalized spacial score (nSPS) is 14.8. The van der Waals surface area contributed by atoms with E-state index in [0.717, 1.165) is 5.82 Å². The maximum Gasteiger partial charge on any atom is 0.254 e. The van der Waals surface area contributed by atoms with Crippen molar-refractivity contribution in [3.63, 3.8) is 0 Å². The van der Waals surface area contributed by atoms with Crippen LogP contribution in [0, 0.1) is 17.1 Å². The largest absolute Gasteiger partial charge is 0.475 e. The van der Waals surface area contributed by atoms with E-state index in [4.69, 9.17) is 15.6 Å². The zero-order chi connectivity index (χ0) is 24.8. The summed E-state index contributed by atoms with van der Waals surface area (Å²) in [6.07, 6.45) is 2.94. The lowest BCUT2D eigenvalue weighted by Gasteiger charge is -2.41. The minimum Gasteiger partial charge on any atom is -0.475 e. The Hall–Kier alpha value is -4.17. The third-order valence-electron chi connectivity index (χ3n) is 6.05. The Kier molecular flexibility index (Phi) is 7.12. The number of benzene rings is 1. The number of carbonyl (C=O) groups excluding carboxylic acids is 1. The van der Waals surface area contributed by atoms with Crippen molar-refractivity contribution in [2.45, 2.75) is 24.8 Å². The summed E-state index contributed by atoms with van der Waals surface area (Å²) in [5.41, 5.74) is 5.70. The van der Waals surface area contributed by atoms with Crippen molar-refractivity contribution in [1.82, 2.24) is 14.8 Å². The molecule has 0 saturated carbocycles. The van der Waals surface area contributed by atoms with Gasteiger partial charge in [-0.2, -0.15) is 15.3 Å². The standard InChI is InChI=1S/C24H26FN7O3/c25-17-4-6-18(7-5-17)28-23-19(22(27)34)16-32(30-23)24(8-11-26)9-12-31(13-10-24)20-2-1-3-21(29-20)35-15-14-33/h1-7,16,33H,8-10,12-15H2,(H2,27,34)(H,28,30). The van der Waals surface area contributed by atoms with Crippen molar-refractivity contribution < 1.29 is 19.0 Å². The number of aromatic nitrogens is 3. The quantitative estimate of drug-likeness (QED) is 0.425. The molecule has 10 nitrogen and oxygen atoms in total. The summed E-state index contributed by atoms with van der Waals surface area (Å²) in [6, 6.07) is 13.4. The minimum atomic E-state index is -0.658. The zero-order valence-electron chi connectivity index (χ0n) is 19.0.